The van der Waals surface area contributed by atoms with E-state index in [0.29, 0.717) is 35.2 Å². The summed E-state index contributed by atoms with van der Waals surface area (Å²) in [6, 6.07) is 19.5. The fraction of sp³-hybridized carbons (Fsp3) is 0.0952. The number of pyridine rings is 1. The molecule has 0 bridgehead atoms. The van der Waals surface area contributed by atoms with Crippen molar-refractivity contribution in [2.24, 2.45) is 0 Å². The highest BCUT2D eigenvalue weighted by Crippen LogP contribution is 2.24. The number of para-hydroxylation sites is 1. The minimum atomic E-state index is -0.251. The summed E-state index contributed by atoms with van der Waals surface area (Å²) < 4.78 is 0. The molecule has 0 saturated carbocycles. The van der Waals surface area contributed by atoms with E-state index < -0.39 is 0 Å². The van der Waals surface area contributed by atoms with Crippen molar-refractivity contribution in [3.05, 3.63) is 83.5 Å². The molecule has 6 nitrogen and oxygen atoms in total. The lowest BCUT2D eigenvalue weighted by atomic mass is 10.2. The quantitative estimate of drug-likeness (QED) is 0.714. The van der Waals surface area contributed by atoms with E-state index in [1.54, 1.807) is 52.4 Å². The summed E-state index contributed by atoms with van der Waals surface area (Å²) in [5, 5.41) is 3.35. The monoisotopic (exact) mass is 392 g/mol. The SMILES string of the molecule is O=C(Nc1ccc(N2CCN(c3ccccc3)C2=O)nc1)c1ccc(Cl)cc1. The summed E-state index contributed by atoms with van der Waals surface area (Å²) in [5.41, 5.74) is 1.92. The van der Waals surface area contributed by atoms with Gasteiger partial charge >= 0.3 is 6.03 Å². The Morgan fingerprint density at radius 2 is 1.64 bits per heavy atom. The van der Waals surface area contributed by atoms with Crippen LogP contribution in [0.5, 0.6) is 0 Å². The largest absolute Gasteiger partial charge is 0.330 e. The fourth-order valence-electron chi connectivity index (χ4n) is 3.02. The highest BCUT2D eigenvalue weighted by molar-refractivity contribution is 6.30. The van der Waals surface area contributed by atoms with Crippen LogP contribution in [0.3, 0.4) is 0 Å². The predicted molar refractivity (Wildman–Crippen MR) is 110 cm³/mol. The normalized spacial score (nSPS) is 13.7. The van der Waals surface area contributed by atoms with E-state index in [0.717, 1.165) is 5.69 Å². The van der Waals surface area contributed by atoms with Gasteiger partial charge in [-0.3, -0.25) is 14.6 Å². The third kappa shape index (κ3) is 3.68. The van der Waals surface area contributed by atoms with E-state index in [-0.39, 0.29) is 11.9 Å². The molecule has 3 amide bonds. The average Bonchev–Trinajstić information content (AvgIpc) is 3.11. The first kappa shape index (κ1) is 18.0. The molecule has 0 aliphatic carbocycles. The summed E-state index contributed by atoms with van der Waals surface area (Å²) in [4.78, 5) is 32.7. The van der Waals surface area contributed by atoms with Gasteiger partial charge in [0.1, 0.15) is 5.82 Å². The van der Waals surface area contributed by atoms with Crippen LogP contribution in [-0.2, 0) is 0 Å². The lowest BCUT2D eigenvalue weighted by Crippen LogP contribution is -2.32. The Bertz CT molecular complexity index is 991. The molecule has 4 rings (SSSR count). The molecule has 0 radical (unpaired) electrons. The van der Waals surface area contributed by atoms with Gasteiger partial charge in [-0.05, 0) is 48.5 Å². The molecular weight excluding hydrogens is 376 g/mol. The summed E-state index contributed by atoms with van der Waals surface area (Å²) in [6.07, 6.45) is 1.54. The second kappa shape index (κ2) is 7.70. The van der Waals surface area contributed by atoms with E-state index in [9.17, 15) is 9.59 Å². The van der Waals surface area contributed by atoms with Crippen LogP contribution in [0.4, 0.5) is 22.0 Å². The van der Waals surface area contributed by atoms with E-state index in [1.807, 2.05) is 30.3 Å². The van der Waals surface area contributed by atoms with Gasteiger partial charge in [0.05, 0.1) is 11.9 Å². The first-order valence-electron chi connectivity index (χ1n) is 8.79. The third-order valence-corrected chi connectivity index (χ3v) is 4.72. The number of halogens is 1. The van der Waals surface area contributed by atoms with Crippen LogP contribution < -0.4 is 15.1 Å². The van der Waals surface area contributed by atoms with E-state index in [4.69, 9.17) is 11.6 Å². The molecule has 2 heterocycles. The highest BCUT2D eigenvalue weighted by atomic mass is 35.5. The Labute approximate surface area is 167 Å². The van der Waals surface area contributed by atoms with Crippen LogP contribution >= 0.6 is 11.6 Å². The first-order chi connectivity index (χ1) is 13.6. The molecule has 0 unspecified atom stereocenters. The van der Waals surface area contributed by atoms with Crippen LogP contribution in [0, 0.1) is 0 Å². The maximum absolute atomic E-state index is 12.7. The zero-order chi connectivity index (χ0) is 19.5. The Kier molecular flexibility index (Phi) is 4.95. The molecule has 1 fully saturated rings. The molecule has 1 aromatic heterocycles. The van der Waals surface area contributed by atoms with Crippen molar-refractivity contribution in [1.29, 1.82) is 0 Å². The molecule has 7 heteroatoms. The van der Waals surface area contributed by atoms with Gasteiger partial charge in [-0.25, -0.2) is 9.78 Å². The van der Waals surface area contributed by atoms with E-state index in [2.05, 4.69) is 10.3 Å². The zero-order valence-electron chi connectivity index (χ0n) is 14.9. The number of benzene rings is 2. The van der Waals surface area contributed by atoms with Gasteiger partial charge in [-0.1, -0.05) is 29.8 Å². The van der Waals surface area contributed by atoms with E-state index >= 15 is 0 Å². The summed E-state index contributed by atoms with van der Waals surface area (Å²) in [7, 11) is 0. The number of nitrogens with one attached hydrogen (secondary N) is 1. The topological polar surface area (TPSA) is 65.5 Å². The van der Waals surface area contributed by atoms with Crippen molar-refractivity contribution in [2.45, 2.75) is 0 Å². The Morgan fingerprint density at radius 1 is 0.929 bits per heavy atom. The number of amides is 3. The zero-order valence-corrected chi connectivity index (χ0v) is 15.6. The number of urea groups is 1. The Balaban J connectivity index is 1.44. The number of aromatic nitrogens is 1. The number of hydrogen-bond acceptors (Lipinski definition) is 3. The molecule has 1 aliphatic heterocycles. The number of hydrogen-bond donors (Lipinski definition) is 1. The maximum Gasteiger partial charge on any atom is 0.330 e. The number of anilines is 3. The molecular formula is C21H17ClN4O2. The number of carbonyl (C=O) groups is 2. The Morgan fingerprint density at radius 3 is 2.32 bits per heavy atom. The minimum Gasteiger partial charge on any atom is -0.321 e. The van der Waals surface area contributed by atoms with Crippen LogP contribution in [-0.4, -0.2) is 30.0 Å². The van der Waals surface area contributed by atoms with Gasteiger partial charge < -0.3 is 5.32 Å². The van der Waals surface area contributed by atoms with Crippen LogP contribution in [0.1, 0.15) is 10.4 Å². The van der Waals surface area contributed by atoms with Crippen molar-refractivity contribution >= 4 is 40.7 Å². The van der Waals surface area contributed by atoms with Crippen LogP contribution in [0.2, 0.25) is 5.02 Å². The standard InChI is InChI=1S/C21H17ClN4O2/c22-16-8-6-15(7-9-16)20(27)24-17-10-11-19(23-14-17)26-13-12-25(21(26)28)18-4-2-1-3-5-18/h1-11,14H,12-13H2,(H,24,27). The van der Waals surface area contributed by atoms with Crippen molar-refractivity contribution in [1.82, 2.24) is 4.98 Å². The number of rotatable bonds is 4. The van der Waals surface area contributed by atoms with Crippen molar-refractivity contribution in [3.8, 4) is 0 Å². The molecule has 1 aliphatic rings. The molecule has 1 saturated heterocycles. The van der Waals surface area contributed by atoms with E-state index in [1.165, 1.54) is 0 Å². The summed E-state index contributed by atoms with van der Waals surface area (Å²) in [6.45, 7) is 1.15. The lowest BCUT2D eigenvalue weighted by molar-refractivity contribution is 0.102. The van der Waals surface area contributed by atoms with Gasteiger partial charge in [0.15, 0.2) is 0 Å². The van der Waals surface area contributed by atoms with Gasteiger partial charge in [0, 0.05) is 29.4 Å². The van der Waals surface area contributed by atoms with Gasteiger partial charge in [-0.15, -0.1) is 0 Å². The Hall–Kier alpha value is -3.38. The molecule has 140 valence electrons. The van der Waals surface area contributed by atoms with Crippen molar-refractivity contribution in [3.63, 3.8) is 0 Å². The first-order valence-corrected chi connectivity index (χ1v) is 9.17. The second-order valence-corrected chi connectivity index (χ2v) is 6.72. The molecule has 0 spiro atoms. The molecule has 28 heavy (non-hydrogen) atoms. The highest BCUT2D eigenvalue weighted by Gasteiger charge is 2.31. The van der Waals surface area contributed by atoms with Gasteiger partial charge in [-0.2, -0.15) is 0 Å². The summed E-state index contributed by atoms with van der Waals surface area (Å²) in [5.74, 6) is 0.298. The molecule has 0 atom stereocenters. The second-order valence-electron chi connectivity index (χ2n) is 6.29. The molecule has 2 aromatic carbocycles. The van der Waals surface area contributed by atoms with Gasteiger partial charge in [0.25, 0.3) is 5.91 Å². The average molecular weight is 393 g/mol. The molecule has 3 aromatic rings. The van der Waals surface area contributed by atoms with Crippen LogP contribution in [0.25, 0.3) is 0 Å². The van der Waals surface area contributed by atoms with Gasteiger partial charge in [0.2, 0.25) is 0 Å². The fourth-order valence-corrected chi connectivity index (χ4v) is 3.15. The van der Waals surface area contributed by atoms with Crippen molar-refractivity contribution in [2.75, 3.05) is 28.2 Å². The third-order valence-electron chi connectivity index (χ3n) is 4.47. The predicted octanol–water partition coefficient (Wildman–Crippen LogP) is 4.43. The van der Waals surface area contributed by atoms with Crippen LogP contribution in [0.15, 0.2) is 72.9 Å². The smallest absolute Gasteiger partial charge is 0.321 e. The van der Waals surface area contributed by atoms with Crippen molar-refractivity contribution < 1.29 is 9.59 Å². The number of carbonyl (C=O) groups excluding carboxylic acids is 2. The number of nitrogens with zero attached hydrogens (tertiary/aromatic N) is 3. The lowest BCUT2D eigenvalue weighted by Gasteiger charge is -2.18. The molecule has 1 N–H and O–H groups in total. The summed E-state index contributed by atoms with van der Waals surface area (Å²) >= 11 is 5.84. The minimum absolute atomic E-state index is 0.114. The maximum atomic E-state index is 12.7.